The molecule has 0 saturated heterocycles. The van der Waals surface area contributed by atoms with Crippen molar-refractivity contribution in [2.75, 3.05) is 17.7 Å². The topological polar surface area (TPSA) is 101 Å². The molecule has 2 N–H and O–H groups in total. The highest BCUT2D eigenvalue weighted by molar-refractivity contribution is 7.99. The molecule has 0 saturated carbocycles. The van der Waals surface area contributed by atoms with E-state index in [1.807, 2.05) is 29.8 Å². The van der Waals surface area contributed by atoms with Crippen LogP contribution in [0.2, 0.25) is 0 Å². The number of esters is 1. The van der Waals surface area contributed by atoms with Gasteiger partial charge in [-0.2, -0.15) is 0 Å². The Bertz CT molecular complexity index is 1310. The van der Waals surface area contributed by atoms with Crippen LogP contribution in [0.4, 0.5) is 5.69 Å². The van der Waals surface area contributed by atoms with Crippen molar-refractivity contribution in [3.8, 4) is 10.4 Å². The van der Waals surface area contributed by atoms with Gasteiger partial charge in [0.25, 0.3) is 5.56 Å². The number of thioether (sulfide) groups is 1. The summed E-state index contributed by atoms with van der Waals surface area (Å²) < 4.78 is 5.09. The fourth-order valence-electron chi connectivity index (χ4n) is 3.08. The summed E-state index contributed by atoms with van der Waals surface area (Å²) in [5.41, 5.74) is 1.78. The molecule has 0 bridgehead atoms. The second-order valence-electron chi connectivity index (χ2n) is 7.07. The first kappa shape index (κ1) is 23.2. The molecule has 0 atom stereocenters. The number of hydrogen-bond acceptors (Lipinski definition) is 8. The largest absolute Gasteiger partial charge is 0.462 e. The van der Waals surface area contributed by atoms with E-state index in [9.17, 15) is 14.4 Å². The van der Waals surface area contributed by atoms with Crippen molar-refractivity contribution < 1.29 is 14.3 Å². The van der Waals surface area contributed by atoms with Crippen LogP contribution < -0.4 is 10.9 Å². The first-order valence-corrected chi connectivity index (χ1v) is 13.2. The van der Waals surface area contributed by atoms with Crippen LogP contribution in [-0.2, 0) is 15.3 Å². The van der Waals surface area contributed by atoms with E-state index in [2.05, 4.69) is 15.3 Å². The fraction of sp³-hybridized carbons (Fsp3) is 0.217. The number of nitrogens with one attached hydrogen (secondary N) is 2. The molecule has 3 aromatic heterocycles. The number of rotatable bonds is 9. The minimum absolute atomic E-state index is 0.165. The Balaban J connectivity index is 1.31. The summed E-state index contributed by atoms with van der Waals surface area (Å²) >= 11 is 4.39. The molecule has 0 unspecified atom stereocenters. The number of amides is 1. The van der Waals surface area contributed by atoms with Gasteiger partial charge in [0.1, 0.15) is 10.7 Å². The predicted molar refractivity (Wildman–Crippen MR) is 135 cm³/mol. The van der Waals surface area contributed by atoms with Gasteiger partial charge < -0.3 is 15.0 Å². The standard InChI is InChI=1S/C23H21N3O4S3/c1-2-9-30-23(29)14-5-7-15(8-6-14)24-19(27)13-31-12-18-25-21(28)20-16(11-33-22(20)26-18)17-4-3-10-32-17/h3-8,10-11H,2,9,12-13H2,1H3,(H,24,27)(H,25,26,28). The second-order valence-corrected chi connectivity index (χ2v) is 9.87. The summed E-state index contributed by atoms with van der Waals surface area (Å²) in [4.78, 5) is 45.9. The zero-order valence-corrected chi connectivity index (χ0v) is 20.2. The van der Waals surface area contributed by atoms with Gasteiger partial charge in [-0.1, -0.05) is 13.0 Å². The van der Waals surface area contributed by atoms with Crippen molar-refractivity contribution in [2.24, 2.45) is 0 Å². The lowest BCUT2D eigenvalue weighted by atomic mass is 10.2. The number of carbonyl (C=O) groups is 2. The molecule has 10 heteroatoms. The van der Waals surface area contributed by atoms with Crippen LogP contribution in [0.3, 0.4) is 0 Å². The van der Waals surface area contributed by atoms with Gasteiger partial charge in [-0.05, 0) is 42.1 Å². The number of aromatic amines is 1. The van der Waals surface area contributed by atoms with E-state index in [-0.39, 0.29) is 23.2 Å². The van der Waals surface area contributed by atoms with Crippen LogP contribution in [-0.4, -0.2) is 34.2 Å². The molecule has 1 amide bonds. The molecule has 170 valence electrons. The van der Waals surface area contributed by atoms with Gasteiger partial charge in [0, 0.05) is 21.5 Å². The Morgan fingerprint density at radius 3 is 2.73 bits per heavy atom. The van der Waals surface area contributed by atoms with Gasteiger partial charge in [0.15, 0.2) is 0 Å². The number of fused-ring (bicyclic) bond motifs is 1. The maximum Gasteiger partial charge on any atom is 0.338 e. The molecule has 1 aromatic carbocycles. The number of aromatic nitrogens is 2. The molecule has 0 aliphatic heterocycles. The quantitative estimate of drug-likeness (QED) is 0.309. The van der Waals surface area contributed by atoms with E-state index >= 15 is 0 Å². The summed E-state index contributed by atoms with van der Waals surface area (Å²) in [5.74, 6) is 0.595. The van der Waals surface area contributed by atoms with Crippen LogP contribution >= 0.6 is 34.4 Å². The smallest absolute Gasteiger partial charge is 0.338 e. The van der Waals surface area contributed by atoms with Gasteiger partial charge in [-0.15, -0.1) is 34.4 Å². The van der Waals surface area contributed by atoms with Crippen molar-refractivity contribution in [3.05, 3.63) is 68.9 Å². The molecule has 0 aliphatic carbocycles. The average molecular weight is 500 g/mol. The number of hydrogen-bond donors (Lipinski definition) is 2. The Hall–Kier alpha value is -2.95. The molecule has 0 spiro atoms. The van der Waals surface area contributed by atoms with E-state index in [1.54, 1.807) is 35.6 Å². The summed E-state index contributed by atoms with van der Waals surface area (Å²) in [6.07, 6.45) is 0.762. The van der Waals surface area contributed by atoms with Crippen molar-refractivity contribution in [3.63, 3.8) is 0 Å². The highest BCUT2D eigenvalue weighted by Gasteiger charge is 2.14. The maximum atomic E-state index is 12.6. The zero-order valence-electron chi connectivity index (χ0n) is 17.8. The van der Waals surface area contributed by atoms with Crippen LogP contribution in [0.25, 0.3) is 20.7 Å². The molecule has 7 nitrogen and oxygen atoms in total. The van der Waals surface area contributed by atoms with Crippen LogP contribution in [0.1, 0.15) is 29.5 Å². The minimum Gasteiger partial charge on any atom is -0.462 e. The van der Waals surface area contributed by atoms with E-state index < -0.39 is 0 Å². The molecule has 33 heavy (non-hydrogen) atoms. The molecule has 3 heterocycles. The normalized spacial score (nSPS) is 10.9. The summed E-state index contributed by atoms with van der Waals surface area (Å²) in [6.45, 7) is 2.31. The lowest BCUT2D eigenvalue weighted by Crippen LogP contribution is -2.15. The predicted octanol–water partition coefficient (Wildman–Crippen LogP) is 5.15. The van der Waals surface area contributed by atoms with E-state index in [0.29, 0.717) is 39.7 Å². The lowest BCUT2D eigenvalue weighted by Gasteiger charge is -2.07. The van der Waals surface area contributed by atoms with Gasteiger partial charge >= 0.3 is 5.97 Å². The minimum atomic E-state index is -0.378. The number of H-pyrrole nitrogens is 1. The number of ether oxygens (including phenoxy) is 1. The summed E-state index contributed by atoms with van der Waals surface area (Å²) in [5, 5.41) is 7.34. The van der Waals surface area contributed by atoms with Crippen molar-refractivity contribution in [2.45, 2.75) is 19.1 Å². The summed E-state index contributed by atoms with van der Waals surface area (Å²) in [6, 6.07) is 10.5. The van der Waals surface area contributed by atoms with Gasteiger partial charge in [0.05, 0.1) is 29.1 Å². The van der Waals surface area contributed by atoms with E-state index in [0.717, 1.165) is 16.9 Å². The molecular formula is C23H21N3O4S3. The van der Waals surface area contributed by atoms with E-state index in [1.165, 1.54) is 23.1 Å². The molecule has 0 aliphatic rings. The molecular weight excluding hydrogens is 478 g/mol. The molecule has 4 aromatic rings. The van der Waals surface area contributed by atoms with Crippen LogP contribution in [0.15, 0.2) is 52.0 Å². The molecule has 0 radical (unpaired) electrons. The Morgan fingerprint density at radius 2 is 2.00 bits per heavy atom. The molecule has 0 fully saturated rings. The van der Waals surface area contributed by atoms with Gasteiger partial charge in [-0.3, -0.25) is 9.59 Å². The third kappa shape index (κ3) is 5.70. The number of thiophene rings is 2. The highest BCUT2D eigenvalue weighted by atomic mass is 32.2. The zero-order chi connectivity index (χ0) is 23.2. The average Bonchev–Trinajstić information content (AvgIpc) is 3.48. The fourth-order valence-corrected chi connectivity index (χ4v) is 5.55. The van der Waals surface area contributed by atoms with Gasteiger partial charge in [-0.25, -0.2) is 9.78 Å². The van der Waals surface area contributed by atoms with E-state index in [4.69, 9.17) is 4.74 Å². The molecule has 4 rings (SSSR count). The monoisotopic (exact) mass is 499 g/mol. The number of anilines is 1. The highest BCUT2D eigenvalue weighted by Crippen LogP contribution is 2.33. The Kier molecular flexibility index (Phi) is 7.58. The van der Waals surface area contributed by atoms with Crippen molar-refractivity contribution in [1.82, 2.24) is 9.97 Å². The number of carbonyl (C=O) groups excluding carboxylic acids is 2. The second kappa shape index (κ2) is 10.8. The Labute approximate surface area is 202 Å². The third-order valence-corrected chi connectivity index (χ3v) is 7.31. The van der Waals surface area contributed by atoms with Crippen molar-refractivity contribution >= 4 is 62.2 Å². The van der Waals surface area contributed by atoms with Crippen molar-refractivity contribution in [1.29, 1.82) is 0 Å². The number of nitrogens with zero attached hydrogens (tertiary/aromatic N) is 1. The van der Waals surface area contributed by atoms with Crippen LogP contribution in [0, 0.1) is 0 Å². The first-order chi connectivity index (χ1) is 16.0. The van der Waals surface area contributed by atoms with Crippen LogP contribution in [0.5, 0.6) is 0 Å². The van der Waals surface area contributed by atoms with Gasteiger partial charge in [0.2, 0.25) is 5.91 Å². The maximum absolute atomic E-state index is 12.6. The first-order valence-electron chi connectivity index (χ1n) is 10.2. The Morgan fingerprint density at radius 1 is 1.18 bits per heavy atom. The lowest BCUT2D eigenvalue weighted by molar-refractivity contribution is -0.113. The number of benzene rings is 1. The SMILES string of the molecule is CCCOC(=O)c1ccc(NC(=O)CSCc2nc3scc(-c4cccs4)c3c(=O)[nH]2)cc1. The summed E-state index contributed by atoms with van der Waals surface area (Å²) in [7, 11) is 0. The third-order valence-electron chi connectivity index (χ3n) is 4.59.